The SMILES string of the molecule is O=C(NCc1ccc(F)cc1)[C@H]1CCCN(c2nccn3nc(-c4ccc(F)cc4)cc23)C1. The normalized spacial score (nSPS) is 16.2. The summed E-state index contributed by atoms with van der Waals surface area (Å²) in [6.07, 6.45) is 5.15. The number of carbonyl (C=O) groups excluding carboxylic acids is 1. The first kappa shape index (κ1) is 21.1. The second-order valence-corrected chi connectivity index (χ2v) is 8.25. The van der Waals surface area contributed by atoms with E-state index in [1.54, 1.807) is 41.2 Å². The van der Waals surface area contributed by atoms with E-state index in [9.17, 15) is 13.6 Å². The number of carbonyl (C=O) groups is 1. The molecule has 0 saturated carbocycles. The summed E-state index contributed by atoms with van der Waals surface area (Å²) in [6, 6.07) is 14.3. The van der Waals surface area contributed by atoms with E-state index >= 15 is 0 Å². The lowest BCUT2D eigenvalue weighted by Gasteiger charge is -2.33. The quantitative estimate of drug-likeness (QED) is 0.498. The average Bonchev–Trinajstić information content (AvgIpc) is 3.28. The number of piperidine rings is 1. The van der Waals surface area contributed by atoms with Gasteiger partial charge in [0.25, 0.3) is 0 Å². The van der Waals surface area contributed by atoms with E-state index in [0.717, 1.165) is 47.5 Å². The maximum Gasteiger partial charge on any atom is 0.225 e. The van der Waals surface area contributed by atoms with Gasteiger partial charge in [0.1, 0.15) is 17.2 Å². The van der Waals surface area contributed by atoms with Gasteiger partial charge in [-0.25, -0.2) is 18.3 Å². The summed E-state index contributed by atoms with van der Waals surface area (Å²) in [7, 11) is 0. The first-order valence-electron chi connectivity index (χ1n) is 10.9. The number of hydrogen-bond donors (Lipinski definition) is 1. The standard InChI is InChI=1S/C25H23F2N5O/c26-20-7-3-17(4-8-20)15-29-25(33)19-2-1-12-31(16-19)24-23-14-22(30-32(23)13-11-28-24)18-5-9-21(27)10-6-18/h3-11,13-14,19H,1-2,12,15-16H2,(H,29,33)/t19-/m0/s1. The maximum atomic E-state index is 13.3. The molecule has 6 nitrogen and oxygen atoms in total. The molecule has 1 amide bonds. The number of aromatic nitrogens is 3. The monoisotopic (exact) mass is 447 g/mol. The number of halogens is 2. The van der Waals surface area contributed by atoms with Crippen LogP contribution < -0.4 is 10.2 Å². The van der Waals surface area contributed by atoms with Gasteiger partial charge in [0, 0.05) is 37.6 Å². The molecule has 3 heterocycles. The molecule has 1 aliphatic heterocycles. The fourth-order valence-corrected chi connectivity index (χ4v) is 4.23. The molecular formula is C25H23F2N5O. The molecule has 2 aromatic carbocycles. The Morgan fingerprint density at radius 3 is 2.55 bits per heavy atom. The Morgan fingerprint density at radius 1 is 1.06 bits per heavy atom. The lowest BCUT2D eigenvalue weighted by Crippen LogP contribution is -2.43. The molecular weight excluding hydrogens is 424 g/mol. The van der Waals surface area contributed by atoms with E-state index in [2.05, 4.69) is 20.3 Å². The molecule has 0 spiro atoms. The first-order chi connectivity index (χ1) is 16.1. The van der Waals surface area contributed by atoms with Crippen molar-refractivity contribution in [2.75, 3.05) is 18.0 Å². The first-order valence-corrected chi connectivity index (χ1v) is 10.9. The highest BCUT2D eigenvalue weighted by molar-refractivity contribution is 5.80. The van der Waals surface area contributed by atoms with Gasteiger partial charge < -0.3 is 10.2 Å². The zero-order valence-corrected chi connectivity index (χ0v) is 17.9. The van der Waals surface area contributed by atoms with Crippen molar-refractivity contribution in [3.63, 3.8) is 0 Å². The maximum absolute atomic E-state index is 13.3. The zero-order valence-electron chi connectivity index (χ0n) is 17.9. The predicted molar refractivity (Wildman–Crippen MR) is 122 cm³/mol. The van der Waals surface area contributed by atoms with E-state index in [1.165, 1.54) is 24.3 Å². The van der Waals surface area contributed by atoms with Crippen LogP contribution in [0.15, 0.2) is 67.0 Å². The van der Waals surface area contributed by atoms with Crippen LogP contribution in [-0.2, 0) is 11.3 Å². The van der Waals surface area contributed by atoms with Crippen LogP contribution in [0.25, 0.3) is 16.8 Å². The summed E-state index contributed by atoms with van der Waals surface area (Å²) in [6.45, 7) is 1.72. The highest BCUT2D eigenvalue weighted by Gasteiger charge is 2.27. The van der Waals surface area contributed by atoms with Crippen molar-refractivity contribution in [3.8, 4) is 11.3 Å². The number of benzene rings is 2. The van der Waals surface area contributed by atoms with E-state index in [4.69, 9.17) is 0 Å². The van der Waals surface area contributed by atoms with E-state index < -0.39 is 0 Å². The molecule has 1 fully saturated rings. The highest BCUT2D eigenvalue weighted by Crippen LogP contribution is 2.28. The molecule has 168 valence electrons. The lowest BCUT2D eigenvalue weighted by atomic mass is 9.97. The van der Waals surface area contributed by atoms with Gasteiger partial charge in [0.2, 0.25) is 5.91 Å². The summed E-state index contributed by atoms with van der Waals surface area (Å²) >= 11 is 0. The van der Waals surface area contributed by atoms with Gasteiger partial charge in [-0.3, -0.25) is 4.79 Å². The van der Waals surface area contributed by atoms with Crippen molar-refractivity contribution < 1.29 is 13.6 Å². The number of rotatable bonds is 5. The number of anilines is 1. The smallest absolute Gasteiger partial charge is 0.225 e. The Hall–Kier alpha value is -3.81. The van der Waals surface area contributed by atoms with Crippen molar-refractivity contribution in [2.24, 2.45) is 5.92 Å². The van der Waals surface area contributed by atoms with E-state index in [0.29, 0.717) is 13.1 Å². The van der Waals surface area contributed by atoms with Crippen LogP contribution in [0.3, 0.4) is 0 Å². The topological polar surface area (TPSA) is 62.5 Å². The Morgan fingerprint density at radius 2 is 1.79 bits per heavy atom. The third-order valence-electron chi connectivity index (χ3n) is 5.98. The van der Waals surface area contributed by atoms with E-state index in [-0.39, 0.29) is 23.5 Å². The summed E-state index contributed by atoms with van der Waals surface area (Å²) in [5, 5.41) is 7.58. The van der Waals surface area contributed by atoms with Gasteiger partial charge in [-0.1, -0.05) is 12.1 Å². The van der Waals surface area contributed by atoms with Crippen LogP contribution in [0, 0.1) is 17.6 Å². The fourth-order valence-electron chi connectivity index (χ4n) is 4.23. The Balaban J connectivity index is 1.32. The van der Waals surface area contributed by atoms with Gasteiger partial charge in [0.15, 0.2) is 5.82 Å². The van der Waals surface area contributed by atoms with Gasteiger partial charge in [-0.05, 0) is 60.9 Å². The molecule has 1 N–H and O–H groups in total. The summed E-state index contributed by atoms with van der Waals surface area (Å²) < 4.78 is 28.1. The van der Waals surface area contributed by atoms with Gasteiger partial charge in [-0.15, -0.1) is 0 Å². The van der Waals surface area contributed by atoms with Crippen LogP contribution in [0.2, 0.25) is 0 Å². The molecule has 4 aromatic rings. The second kappa shape index (κ2) is 8.97. The third kappa shape index (κ3) is 4.55. The predicted octanol–water partition coefficient (Wildman–Crippen LogP) is 4.21. The van der Waals surface area contributed by atoms with Crippen molar-refractivity contribution in [3.05, 3.63) is 84.2 Å². The zero-order chi connectivity index (χ0) is 22.8. The molecule has 1 atom stereocenters. The molecule has 8 heteroatoms. The van der Waals surface area contributed by atoms with Crippen LogP contribution in [0.5, 0.6) is 0 Å². The number of fused-ring (bicyclic) bond motifs is 1. The Kier molecular flexibility index (Phi) is 5.73. The van der Waals surface area contributed by atoms with Crippen molar-refractivity contribution >= 4 is 17.2 Å². The van der Waals surface area contributed by atoms with Gasteiger partial charge in [0.05, 0.1) is 11.6 Å². The summed E-state index contributed by atoms with van der Waals surface area (Å²) in [5.74, 6) is 0.00527. The van der Waals surface area contributed by atoms with Crippen LogP contribution >= 0.6 is 0 Å². The minimum absolute atomic E-state index is 0.0171. The van der Waals surface area contributed by atoms with Crippen molar-refractivity contribution in [2.45, 2.75) is 19.4 Å². The lowest BCUT2D eigenvalue weighted by molar-refractivity contribution is -0.125. The minimum atomic E-state index is -0.294. The number of hydrogen-bond acceptors (Lipinski definition) is 4. The molecule has 5 rings (SSSR count). The molecule has 0 unspecified atom stereocenters. The molecule has 33 heavy (non-hydrogen) atoms. The molecule has 0 bridgehead atoms. The molecule has 1 aliphatic rings. The Bertz CT molecular complexity index is 1270. The van der Waals surface area contributed by atoms with Crippen molar-refractivity contribution in [1.82, 2.24) is 19.9 Å². The molecule has 0 aliphatic carbocycles. The van der Waals surface area contributed by atoms with Crippen LogP contribution in [0.4, 0.5) is 14.6 Å². The second-order valence-electron chi connectivity index (χ2n) is 8.25. The van der Waals surface area contributed by atoms with Gasteiger partial charge >= 0.3 is 0 Å². The molecule has 0 radical (unpaired) electrons. The number of nitrogens with zero attached hydrogens (tertiary/aromatic N) is 4. The third-order valence-corrected chi connectivity index (χ3v) is 5.98. The van der Waals surface area contributed by atoms with Crippen LogP contribution in [-0.4, -0.2) is 33.6 Å². The minimum Gasteiger partial charge on any atom is -0.354 e. The summed E-state index contributed by atoms with van der Waals surface area (Å²) in [4.78, 5) is 19.5. The highest BCUT2D eigenvalue weighted by atomic mass is 19.1. The Labute approximate surface area is 189 Å². The largest absolute Gasteiger partial charge is 0.354 e. The van der Waals surface area contributed by atoms with Crippen molar-refractivity contribution in [1.29, 1.82) is 0 Å². The van der Waals surface area contributed by atoms with E-state index in [1.807, 2.05) is 6.07 Å². The van der Waals surface area contributed by atoms with Gasteiger partial charge in [-0.2, -0.15) is 5.10 Å². The fraction of sp³-hybridized carbons (Fsp3) is 0.240. The summed E-state index contributed by atoms with van der Waals surface area (Å²) in [5.41, 5.74) is 3.25. The van der Waals surface area contributed by atoms with Crippen LogP contribution in [0.1, 0.15) is 18.4 Å². The average molecular weight is 447 g/mol. The molecule has 1 saturated heterocycles. The number of amides is 1. The molecule has 2 aromatic heterocycles. The number of nitrogens with one attached hydrogen (secondary N) is 1.